The molecule has 6 nitrogen and oxygen atoms in total. The fraction of sp³-hybridized carbons (Fsp3) is 0.154. The molecule has 2 aromatic rings. The van der Waals surface area contributed by atoms with E-state index in [2.05, 4.69) is 0 Å². The molecule has 0 saturated heterocycles. The first-order chi connectivity index (χ1) is 9.61. The molecule has 1 aromatic heterocycles. The van der Waals surface area contributed by atoms with Gasteiger partial charge in [-0.1, -0.05) is 11.8 Å². The minimum Gasteiger partial charge on any atom is -0.618 e. The molecule has 0 bridgehead atoms. The highest BCUT2D eigenvalue weighted by atomic mass is 32.2. The molecule has 0 aliphatic rings. The van der Waals surface area contributed by atoms with Crippen molar-refractivity contribution in [2.24, 2.45) is 0 Å². The van der Waals surface area contributed by atoms with Crippen LogP contribution in [0.4, 0.5) is 5.69 Å². The van der Waals surface area contributed by atoms with Crippen LogP contribution in [0.5, 0.6) is 5.75 Å². The Balaban J connectivity index is 2.22. The summed E-state index contributed by atoms with van der Waals surface area (Å²) in [5.74, 6) is 0.980. The van der Waals surface area contributed by atoms with E-state index in [-0.39, 0.29) is 5.69 Å². The average molecular weight is 292 g/mol. The van der Waals surface area contributed by atoms with Gasteiger partial charge in [-0.15, -0.1) is 0 Å². The maximum atomic E-state index is 11.5. The van der Waals surface area contributed by atoms with Gasteiger partial charge in [0, 0.05) is 35.6 Å². The molecule has 0 fully saturated rings. The summed E-state index contributed by atoms with van der Waals surface area (Å²) in [5.41, 5.74) is 0.681. The summed E-state index contributed by atoms with van der Waals surface area (Å²) in [6.45, 7) is 0. The largest absolute Gasteiger partial charge is 0.618 e. The van der Waals surface area contributed by atoms with Crippen molar-refractivity contribution in [2.75, 3.05) is 7.11 Å². The number of rotatable bonds is 5. The molecule has 0 atom stereocenters. The van der Waals surface area contributed by atoms with Gasteiger partial charge in [-0.2, -0.15) is 4.73 Å². The van der Waals surface area contributed by atoms with Gasteiger partial charge in [0.1, 0.15) is 5.75 Å². The molecular weight excluding hydrogens is 280 g/mol. The van der Waals surface area contributed by atoms with E-state index in [1.807, 2.05) is 0 Å². The Morgan fingerprint density at radius 2 is 2.15 bits per heavy atom. The molecule has 2 rings (SSSR count). The number of nitro groups is 1. The summed E-state index contributed by atoms with van der Waals surface area (Å²) in [6, 6.07) is 9.52. The predicted octanol–water partition coefficient (Wildman–Crippen LogP) is 2.53. The molecule has 0 aliphatic carbocycles. The number of benzene rings is 1. The summed E-state index contributed by atoms with van der Waals surface area (Å²) in [6.07, 6.45) is 1.41. The Morgan fingerprint density at radius 3 is 2.80 bits per heavy atom. The summed E-state index contributed by atoms with van der Waals surface area (Å²) in [7, 11) is 1.51. The van der Waals surface area contributed by atoms with Gasteiger partial charge in [0.25, 0.3) is 10.7 Å². The zero-order valence-corrected chi connectivity index (χ0v) is 11.5. The lowest BCUT2D eigenvalue weighted by Gasteiger charge is -2.08. The summed E-state index contributed by atoms with van der Waals surface area (Å²) < 4.78 is 5.94. The Bertz CT molecular complexity index is 634. The number of non-ortho nitro benzene ring substituents is 1. The Hall–Kier alpha value is -2.28. The van der Waals surface area contributed by atoms with Gasteiger partial charge >= 0.3 is 0 Å². The van der Waals surface area contributed by atoms with Crippen LogP contribution >= 0.6 is 11.8 Å². The van der Waals surface area contributed by atoms with Crippen molar-refractivity contribution >= 4 is 17.4 Å². The quantitative estimate of drug-likeness (QED) is 0.278. The lowest BCUT2D eigenvalue weighted by molar-refractivity contribution is -0.645. The summed E-state index contributed by atoms with van der Waals surface area (Å²) >= 11 is 1.30. The van der Waals surface area contributed by atoms with E-state index >= 15 is 0 Å². The molecule has 7 heteroatoms. The van der Waals surface area contributed by atoms with E-state index < -0.39 is 4.92 Å². The van der Waals surface area contributed by atoms with Crippen molar-refractivity contribution < 1.29 is 14.4 Å². The lowest BCUT2D eigenvalue weighted by atomic mass is 10.2. The number of hydrogen-bond acceptors (Lipinski definition) is 5. The topological polar surface area (TPSA) is 79.3 Å². The maximum Gasteiger partial charge on any atom is 0.270 e. The predicted molar refractivity (Wildman–Crippen MR) is 74.6 cm³/mol. The number of aromatic nitrogens is 1. The van der Waals surface area contributed by atoms with E-state index in [1.54, 1.807) is 24.3 Å². The smallest absolute Gasteiger partial charge is 0.270 e. The molecule has 104 valence electrons. The normalized spacial score (nSPS) is 10.2. The Kier molecular flexibility index (Phi) is 4.41. The third kappa shape index (κ3) is 3.18. The lowest BCUT2D eigenvalue weighted by Crippen LogP contribution is -2.27. The second-order valence-electron chi connectivity index (χ2n) is 3.91. The van der Waals surface area contributed by atoms with Crippen LogP contribution in [0.15, 0.2) is 47.6 Å². The van der Waals surface area contributed by atoms with E-state index in [4.69, 9.17) is 4.74 Å². The summed E-state index contributed by atoms with van der Waals surface area (Å²) in [5, 5.41) is 22.8. The van der Waals surface area contributed by atoms with Crippen molar-refractivity contribution in [1.29, 1.82) is 0 Å². The van der Waals surface area contributed by atoms with Gasteiger partial charge in [-0.05, 0) is 12.1 Å². The van der Waals surface area contributed by atoms with Crippen LogP contribution in [0.25, 0.3) is 0 Å². The first-order valence-electron chi connectivity index (χ1n) is 5.74. The number of nitro benzene ring substituents is 1. The Morgan fingerprint density at radius 1 is 1.35 bits per heavy atom. The highest BCUT2D eigenvalue weighted by molar-refractivity contribution is 7.98. The SMILES string of the molecule is COc1ccc([N+](=O)[O-])cc1CSc1cccc[n+]1[O-]. The fourth-order valence-corrected chi connectivity index (χ4v) is 2.56. The molecule has 0 amide bonds. The zero-order valence-electron chi connectivity index (χ0n) is 10.7. The Labute approximate surface area is 119 Å². The second kappa shape index (κ2) is 6.25. The molecule has 0 unspecified atom stereocenters. The van der Waals surface area contributed by atoms with E-state index in [0.717, 1.165) is 4.73 Å². The van der Waals surface area contributed by atoms with Crippen molar-refractivity contribution in [2.45, 2.75) is 10.8 Å². The number of nitrogens with zero attached hydrogens (tertiary/aromatic N) is 2. The van der Waals surface area contributed by atoms with E-state index in [9.17, 15) is 15.3 Å². The van der Waals surface area contributed by atoms with E-state index in [0.29, 0.717) is 22.1 Å². The van der Waals surface area contributed by atoms with Crippen LogP contribution in [0, 0.1) is 15.3 Å². The maximum absolute atomic E-state index is 11.5. The van der Waals surface area contributed by atoms with Crippen LogP contribution in [0.2, 0.25) is 0 Å². The van der Waals surface area contributed by atoms with Gasteiger partial charge in [0.2, 0.25) is 0 Å². The van der Waals surface area contributed by atoms with Crippen LogP contribution in [-0.2, 0) is 5.75 Å². The second-order valence-corrected chi connectivity index (χ2v) is 4.90. The van der Waals surface area contributed by atoms with Crippen molar-refractivity contribution in [3.8, 4) is 5.75 Å². The van der Waals surface area contributed by atoms with Crippen LogP contribution in [-0.4, -0.2) is 12.0 Å². The molecule has 0 radical (unpaired) electrons. The molecule has 20 heavy (non-hydrogen) atoms. The standard InChI is InChI=1S/C13H12N2O4S/c1-19-12-6-5-11(15(17)18)8-10(12)9-20-13-4-2-3-7-14(13)16/h2-8H,9H2,1H3. The van der Waals surface area contributed by atoms with Crippen molar-refractivity contribution in [1.82, 2.24) is 0 Å². The van der Waals surface area contributed by atoms with Crippen molar-refractivity contribution in [3.63, 3.8) is 0 Å². The average Bonchev–Trinajstić information content (AvgIpc) is 2.46. The number of ether oxygens (including phenoxy) is 1. The molecule has 0 spiro atoms. The van der Waals surface area contributed by atoms with Gasteiger partial charge in [0.15, 0.2) is 6.20 Å². The number of pyridine rings is 1. The molecule has 0 aliphatic heterocycles. The molecule has 0 N–H and O–H groups in total. The first kappa shape index (κ1) is 14.1. The summed E-state index contributed by atoms with van der Waals surface area (Å²) in [4.78, 5) is 10.3. The fourth-order valence-electron chi connectivity index (χ4n) is 1.67. The van der Waals surface area contributed by atoms with Gasteiger partial charge < -0.3 is 9.94 Å². The van der Waals surface area contributed by atoms with Gasteiger partial charge in [-0.25, -0.2) is 0 Å². The van der Waals surface area contributed by atoms with E-state index in [1.165, 1.54) is 37.2 Å². The van der Waals surface area contributed by atoms with Crippen LogP contribution in [0.1, 0.15) is 5.56 Å². The number of thioether (sulfide) groups is 1. The minimum atomic E-state index is -0.454. The monoisotopic (exact) mass is 292 g/mol. The third-order valence-electron chi connectivity index (χ3n) is 2.64. The van der Waals surface area contributed by atoms with Crippen LogP contribution < -0.4 is 9.47 Å². The van der Waals surface area contributed by atoms with Crippen LogP contribution in [0.3, 0.4) is 0 Å². The number of hydrogen-bond donors (Lipinski definition) is 0. The molecular formula is C13H12N2O4S. The first-order valence-corrected chi connectivity index (χ1v) is 6.72. The zero-order chi connectivity index (χ0) is 14.5. The number of methoxy groups -OCH3 is 1. The molecule has 0 saturated carbocycles. The van der Waals surface area contributed by atoms with Gasteiger partial charge in [-0.3, -0.25) is 10.1 Å². The van der Waals surface area contributed by atoms with Gasteiger partial charge in [0.05, 0.1) is 12.0 Å². The third-order valence-corrected chi connectivity index (χ3v) is 3.71. The molecule has 1 aromatic carbocycles. The van der Waals surface area contributed by atoms with Crippen molar-refractivity contribution in [3.05, 3.63) is 63.5 Å². The highest BCUT2D eigenvalue weighted by Gasteiger charge is 2.13. The minimum absolute atomic E-state index is 0.00413. The highest BCUT2D eigenvalue weighted by Crippen LogP contribution is 2.29. The molecule has 1 heterocycles.